The predicted octanol–water partition coefficient (Wildman–Crippen LogP) is -0.533. The first-order valence-corrected chi connectivity index (χ1v) is 5.51. The molecule has 2 heterocycles. The van der Waals surface area contributed by atoms with Crippen LogP contribution in [0.25, 0.3) is 0 Å². The third-order valence-corrected chi connectivity index (χ3v) is 2.48. The second-order valence-electron chi connectivity index (χ2n) is 2.99. The molecule has 0 aromatic carbocycles. The van der Waals surface area contributed by atoms with E-state index >= 15 is 0 Å². The summed E-state index contributed by atoms with van der Waals surface area (Å²) in [5.74, 6) is -0.324. The molecule has 0 saturated heterocycles. The van der Waals surface area contributed by atoms with E-state index in [4.69, 9.17) is 5.73 Å². The molecule has 0 spiro atoms. The minimum Gasteiger partial charge on any atom is -0.365 e. The number of amides is 1. The number of nitrogen functional groups attached to an aromatic ring is 1. The quantitative estimate of drug-likeness (QED) is 0.560. The smallest absolute Gasteiger partial charge is 0.263 e. The summed E-state index contributed by atoms with van der Waals surface area (Å²) in [5, 5.41) is 16.4. The topological polar surface area (TPSA) is 111 Å². The van der Waals surface area contributed by atoms with Gasteiger partial charge in [0.05, 0.1) is 6.21 Å². The number of anilines is 1. The number of rotatable bonds is 4. The Morgan fingerprint density at radius 3 is 3.24 bits per heavy atom. The van der Waals surface area contributed by atoms with E-state index in [0.717, 1.165) is 9.67 Å². The number of nitrogens with two attached hydrogens (primary N) is 1. The maximum atomic E-state index is 11.4. The van der Waals surface area contributed by atoms with E-state index < -0.39 is 0 Å². The van der Waals surface area contributed by atoms with Crippen LogP contribution in [0.3, 0.4) is 0 Å². The largest absolute Gasteiger partial charge is 0.365 e. The summed E-state index contributed by atoms with van der Waals surface area (Å²) in [7, 11) is 0. The Hall–Kier alpha value is -2.29. The number of tetrazole rings is 1. The zero-order valence-electron chi connectivity index (χ0n) is 8.65. The van der Waals surface area contributed by atoms with Crippen molar-refractivity contribution in [2.24, 2.45) is 5.10 Å². The van der Waals surface area contributed by atoms with Gasteiger partial charge in [-0.05, 0) is 16.7 Å². The van der Waals surface area contributed by atoms with E-state index in [-0.39, 0.29) is 18.4 Å². The Morgan fingerprint density at radius 2 is 2.59 bits per heavy atom. The highest BCUT2D eigenvalue weighted by atomic mass is 32.1. The molecule has 0 unspecified atom stereocenters. The number of carbonyl (C=O) groups is 1. The van der Waals surface area contributed by atoms with Crippen molar-refractivity contribution in [3.8, 4) is 0 Å². The molecule has 2 aromatic rings. The molecule has 0 atom stereocenters. The lowest BCUT2D eigenvalue weighted by Crippen LogP contribution is -2.24. The summed E-state index contributed by atoms with van der Waals surface area (Å²) < 4.78 is 0. The number of carbonyl (C=O) groups excluding carboxylic acids is 1. The van der Waals surface area contributed by atoms with Crippen LogP contribution in [0.15, 0.2) is 22.6 Å². The van der Waals surface area contributed by atoms with Gasteiger partial charge in [0, 0.05) is 4.88 Å². The fourth-order valence-corrected chi connectivity index (χ4v) is 1.60. The minimum absolute atomic E-state index is 0.0277. The molecule has 0 radical (unpaired) electrons. The lowest BCUT2D eigenvalue weighted by atomic mass is 10.5. The first-order chi connectivity index (χ1) is 8.24. The lowest BCUT2D eigenvalue weighted by Gasteiger charge is -1.96. The molecule has 0 aliphatic rings. The highest BCUT2D eigenvalue weighted by Crippen LogP contribution is 2.03. The summed E-state index contributed by atoms with van der Waals surface area (Å²) in [6.45, 7) is -0.0774. The van der Waals surface area contributed by atoms with Crippen molar-refractivity contribution in [3.05, 3.63) is 22.4 Å². The molecule has 0 fully saturated rings. The van der Waals surface area contributed by atoms with Gasteiger partial charge in [-0.15, -0.1) is 16.4 Å². The van der Waals surface area contributed by atoms with Crippen LogP contribution in [0.5, 0.6) is 0 Å². The molecular weight excluding hydrogens is 242 g/mol. The third-order valence-electron chi connectivity index (χ3n) is 1.68. The Morgan fingerprint density at radius 1 is 1.71 bits per heavy atom. The van der Waals surface area contributed by atoms with E-state index in [2.05, 4.69) is 25.9 Å². The van der Waals surface area contributed by atoms with Gasteiger partial charge in [-0.1, -0.05) is 11.2 Å². The number of nitrogens with zero attached hydrogens (tertiary/aromatic N) is 5. The molecule has 9 heteroatoms. The Balaban J connectivity index is 1.82. The minimum atomic E-state index is -0.352. The molecule has 1 amide bonds. The molecule has 0 aliphatic heterocycles. The molecule has 17 heavy (non-hydrogen) atoms. The second-order valence-corrected chi connectivity index (χ2v) is 3.97. The zero-order valence-corrected chi connectivity index (χ0v) is 9.46. The average Bonchev–Trinajstić information content (AvgIpc) is 2.90. The van der Waals surface area contributed by atoms with Gasteiger partial charge in [0.2, 0.25) is 0 Å². The van der Waals surface area contributed by atoms with Crippen LogP contribution >= 0.6 is 11.3 Å². The number of thiophene rings is 1. The van der Waals surface area contributed by atoms with Crippen LogP contribution in [0.4, 0.5) is 5.95 Å². The summed E-state index contributed by atoms with van der Waals surface area (Å²) in [6, 6.07) is 3.79. The van der Waals surface area contributed by atoms with Crippen LogP contribution in [-0.2, 0) is 11.3 Å². The summed E-state index contributed by atoms with van der Waals surface area (Å²) in [5.41, 5.74) is 7.60. The molecule has 0 saturated carbocycles. The fraction of sp³-hybridized carbons (Fsp3) is 0.125. The second kappa shape index (κ2) is 5.16. The van der Waals surface area contributed by atoms with Crippen LogP contribution in [0, 0.1) is 0 Å². The fourth-order valence-electron chi connectivity index (χ4n) is 1.02. The van der Waals surface area contributed by atoms with Gasteiger partial charge in [-0.3, -0.25) is 4.79 Å². The van der Waals surface area contributed by atoms with Crippen LogP contribution in [-0.4, -0.2) is 32.3 Å². The van der Waals surface area contributed by atoms with Gasteiger partial charge in [0.25, 0.3) is 11.9 Å². The summed E-state index contributed by atoms with van der Waals surface area (Å²) in [6.07, 6.45) is 1.56. The number of hydrogen-bond acceptors (Lipinski definition) is 7. The highest BCUT2D eigenvalue weighted by Gasteiger charge is 2.04. The molecule has 88 valence electrons. The van der Waals surface area contributed by atoms with Gasteiger partial charge in [-0.2, -0.15) is 9.90 Å². The maximum absolute atomic E-state index is 11.4. The van der Waals surface area contributed by atoms with Crippen molar-refractivity contribution < 1.29 is 4.79 Å². The normalized spacial score (nSPS) is 10.8. The number of nitrogens with one attached hydrogen (secondary N) is 1. The first-order valence-electron chi connectivity index (χ1n) is 4.63. The number of hydrazone groups is 1. The van der Waals surface area contributed by atoms with Crippen molar-refractivity contribution in [2.75, 3.05) is 5.73 Å². The average molecular weight is 251 g/mol. The van der Waals surface area contributed by atoms with Crippen LogP contribution in [0.2, 0.25) is 0 Å². The van der Waals surface area contributed by atoms with Crippen molar-refractivity contribution in [3.63, 3.8) is 0 Å². The molecular formula is C8H9N7OS. The highest BCUT2D eigenvalue weighted by molar-refractivity contribution is 7.11. The summed E-state index contributed by atoms with van der Waals surface area (Å²) >= 11 is 1.52. The summed E-state index contributed by atoms with van der Waals surface area (Å²) in [4.78, 5) is 13.4. The molecule has 2 aromatic heterocycles. The van der Waals surface area contributed by atoms with Gasteiger partial charge in [0.15, 0.2) is 0 Å². The van der Waals surface area contributed by atoms with Gasteiger partial charge in [0.1, 0.15) is 6.54 Å². The van der Waals surface area contributed by atoms with E-state index in [9.17, 15) is 4.79 Å². The maximum Gasteiger partial charge on any atom is 0.263 e. The van der Waals surface area contributed by atoms with Gasteiger partial charge in [-0.25, -0.2) is 5.43 Å². The number of hydrogen-bond donors (Lipinski definition) is 2. The van der Waals surface area contributed by atoms with Gasteiger partial charge >= 0.3 is 0 Å². The van der Waals surface area contributed by atoms with E-state index in [1.165, 1.54) is 11.3 Å². The SMILES string of the molecule is Nc1nnn(CC(=O)NN=Cc2cccs2)n1. The van der Waals surface area contributed by atoms with Gasteiger partial charge < -0.3 is 5.73 Å². The van der Waals surface area contributed by atoms with Crippen LogP contribution in [0.1, 0.15) is 4.88 Å². The van der Waals surface area contributed by atoms with E-state index in [0.29, 0.717) is 0 Å². The first kappa shape index (κ1) is 11.2. The molecule has 2 rings (SSSR count). The van der Waals surface area contributed by atoms with E-state index in [1.807, 2.05) is 17.5 Å². The Kier molecular flexibility index (Phi) is 3.40. The molecule has 8 nitrogen and oxygen atoms in total. The molecule has 0 bridgehead atoms. The lowest BCUT2D eigenvalue weighted by molar-refractivity contribution is -0.122. The third kappa shape index (κ3) is 3.34. The zero-order chi connectivity index (χ0) is 12.1. The standard InChI is InChI=1S/C8H9N7OS/c9-8-12-14-15(13-8)5-7(16)11-10-4-6-2-1-3-17-6/h1-4H,5H2,(H2,9,13)(H,11,16). The van der Waals surface area contributed by atoms with Crippen molar-refractivity contribution in [2.45, 2.75) is 6.54 Å². The van der Waals surface area contributed by atoms with Crippen molar-refractivity contribution in [1.82, 2.24) is 25.6 Å². The number of aromatic nitrogens is 4. The van der Waals surface area contributed by atoms with Crippen molar-refractivity contribution >= 4 is 29.4 Å². The Bertz CT molecular complexity index is 518. The molecule has 0 aliphatic carbocycles. The van der Waals surface area contributed by atoms with Crippen LogP contribution < -0.4 is 11.2 Å². The monoisotopic (exact) mass is 251 g/mol. The molecule has 3 N–H and O–H groups in total. The van der Waals surface area contributed by atoms with Crippen molar-refractivity contribution in [1.29, 1.82) is 0 Å². The predicted molar refractivity (Wildman–Crippen MR) is 62.3 cm³/mol. The van der Waals surface area contributed by atoms with E-state index in [1.54, 1.807) is 6.21 Å². The Labute approximate surface area is 100 Å².